The first kappa shape index (κ1) is 19.4. The lowest BCUT2D eigenvalue weighted by molar-refractivity contribution is -0.136. The number of hydrogen-bond acceptors (Lipinski definition) is 8. The lowest BCUT2D eigenvalue weighted by Gasteiger charge is -2.27. The largest absolute Gasteiger partial charge is 0.350 e. The SMILES string of the molecule is Cn1nc(C2CNC2)nc1NCc1cccc2c1C(=O)N(C1CCC(=O)NC1=O)C2=O. The average Bonchev–Trinajstić information content (AvgIpc) is 3.17. The Morgan fingerprint density at radius 1 is 1.16 bits per heavy atom. The summed E-state index contributed by atoms with van der Waals surface area (Å²) in [7, 11) is 1.79. The van der Waals surface area contributed by atoms with E-state index in [1.807, 2.05) is 0 Å². The molecule has 11 nitrogen and oxygen atoms in total. The third-order valence-electron chi connectivity index (χ3n) is 5.92. The van der Waals surface area contributed by atoms with E-state index in [1.54, 1.807) is 29.9 Å². The molecule has 31 heavy (non-hydrogen) atoms. The van der Waals surface area contributed by atoms with Crippen LogP contribution in [0.3, 0.4) is 0 Å². The van der Waals surface area contributed by atoms with Crippen molar-refractivity contribution in [2.24, 2.45) is 7.05 Å². The first-order valence-electron chi connectivity index (χ1n) is 10.1. The number of fused-ring (bicyclic) bond motifs is 1. The molecule has 3 aliphatic heterocycles. The fourth-order valence-corrected chi connectivity index (χ4v) is 4.11. The standard InChI is InChI=1S/C20H21N7O4/c1-26-20(24-16(25-26)11-7-21-8-11)22-9-10-3-2-4-12-15(10)19(31)27(18(12)30)13-5-6-14(28)23-17(13)29/h2-4,11,13,21H,5-9H2,1H3,(H,22,24,25)(H,23,28,29). The van der Waals surface area contributed by atoms with Crippen LogP contribution in [0.5, 0.6) is 0 Å². The van der Waals surface area contributed by atoms with Gasteiger partial charge in [0.2, 0.25) is 17.8 Å². The van der Waals surface area contributed by atoms with Crippen molar-refractivity contribution in [2.45, 2.75) is 31.3 Å². The number of aryl methyl sites for hydroxylation is 1. The number of nitrogens with zero attached hydrogens (tertiary/aromatic N) is 4. The molecule has 3 aliphatic rings. The number of carbonyl (C=O) groups is 4. The number of aromatic nitrogens is 3. The van der Waals surface area contributed by atoms with Gasteiger partial charge in [-0.15, -0.1) is 0 Å². The molecule has 11 heteroatoms. The van der Waals surface area contributed by atoms with Gasteiger partial charge in [0.25, 0.3) is 11.8 Å². The zero-order valence-electron chi connectivity index (χ0n) is 16.8. The molecule has 1 aromatic carbocycles. The van der Waals surface area contributed by atoms with Crippen LogP contribution in [0.15, 0.2) is 18.2 Å². The highest BCUT2D eigenvalue weighted by Gasteiger charge is 2.45. The highest BCUT2D eigenvalue weighted by atomic mass is 16.2. The third-order valence-corrected chi connectivity index (χ3v) is 5.92. The number of anilines is 1. The van der Waals surface area contributed by atoms with Gasteiger partial charge >= 0.3 is 0 Å². The number of benzene rings is 1. The zero-order valence-corrected chi connectivity index (χ0v) is 16.8. The van der Waals surface area contributed by atoms with Crippen LogP contribution in [0, 0.1) is 0 Å². The summed E-state index contributed by atoms with van der Waals surface area (Å²) in [5.41, 5.74) is 1.16. The Hall–Kier alpha value is -3.60. The van der Waals surface area contributed by atoms with E-state index in [9.17, 15) is 19.2 Å². The van der Waals surface area contributed by atoms with Crippen molar-refractivity contribution in [2.75, 3.05) is 18.4 Å². The second-order valence-corrected chi connectivity index (χ2v) is 7.91. The van der Waals surface area contributed by atoms with Crippen LogP contribution in [0.2, 0.25) is 0 Å². The normalized spacial score (nSPS) is 21.2. The van der Waals surface area contributed by atoms with Crippen LogP contribution in [0.25, 0.3) is 0 Å². The number of amides is 4. The number of nitrogens with one attached hydrogen (secondary N) is 3. The van der Waals surface area contributed by atoms with Crippen molar-refractivity contribution >= 4 is 29.6 Å². The molecular formula is C20H21N7O4. The quantitative estimate of drug-likeness (QED) is 0.548. The summed E-state index contributed by atoms with van der Waals surface area (Å²) in [5, 5.41) is 13.0. The summed E-state index contributed by atoms with van der Waals surface area (Å²) < 4.78 is 1.65. The number of hydrogen-bond donors (Lipinski definition) is 3. The fraction of sp³-hybridized carbons (Fsp3) is 0.400. The van der Waals surface area contributed by atoms with Gasteiger partial charge in [0, 0.05) is 39.0 Å². The van der Waals surface area contributed by atoms with Gasteiger partial charge in [-0.05, 0) is 18.1 Å². The lowest BCUT2D eigenvalue weighted by Crippen LogP contribution is -2.54. The Bertz CT molecular complexity index is 1120. The summed E-state index contributed by atoms with van der Waals surface area (Å²) in [6, 6.07) is 4.06. The van der Waals surface area contributed by atoms with Crippen molar-refractivity contribution in [1.82, 2.24) is 30.3 Å². The van der Waals surface area contributed by atoms with E-state index < -0.39 is 29.7 Å². The molecule has 2 fully saturated rings. The molecule has 0 aliphatic carbocycles. The van der Waals surface area contributed by atoms with Crippen molar-refractivity contribution in [3.05, 3.63) is 40.7 Å². The topological polar surface area (TPSA) is 138 Å². The second-order valence-electron chi connectivity index (χ2n) is 7.91. The van der Waals surface area contributed by atoms with Gasteiger partial charge in [0.05, 0.1) is 11.1 Å². The zero-order chi connectivity index (χ0) is 21.7. The van der Waals surface area contributed by atoms with Gasteiger partial charge < -0.3 is 10.6 Å². The molecule has 0 spiro atoms. The fourth-order valence-electron chi connectivity index (χ4n) is 4.11. The van der Waals surface area contributed by atoms with Crippen molar-refractivity contribution in [3.8, 4) is 0 Å². The van der Waals surface area contributed by atoms with E-state index in [1.165, 1.54) is 0 Å². The summed E-state index contributed by atoms with van der Waals surface area (Å²) in [6.45, 7) is 1.96. The Kier molecular flexibility index (Phi) is 4.54. The van der Waals surface area contributed by atoms with E-state index in [0.717, 1.165) is 23.8 Å². The molecule has 0 radical (unpaired) electrons. The molecule has 3 N–H and O–H groups in total. The minimum atomic E-state index is -0.983. The molecule has 4 heterocycles. The van der Waals surface area contributed by atoms with Crippen LogP contribution < -0.4 is 16.0 Å². The molecule has 0 saturated carbocycles. The van der Waals surface area contributed by atoms with Crippen LogP contribution in [-0.2, 0) is 23.2 Å². The molecule has 4 amide bonds. The van der Waals surface area contributed by atoms with Crippen molar-refractivity contribution in [1.29, 1.82) is 0 Å². The average molecular weight is 423 g/mol. The minimum absolute atomic E-state index is 0.0865. The molecule has 1 aromatic heterocycles. The van der Waals surface area contributed by atoms with Crippen molar-refractivity contribution in [3.63, 3.8) is 0 Å². The summed E-state index contributed by atoms with van der Waals surface area (Å²) >= 11 is 0. The molecule has 1 atom stereocenters. The third kappa shape index (κ3) is 3.17. The first-order chi connectivity index (χ1) is 14.9. The maximum atomic E-state index is 13.1. The maximum Gasteiger partial charge on any atom is 0.262 e. The number of imide groups is 2. The predicted molar refractivity (Wildman–Crippen MR) is 107 cm³/mol. The Balaban J connectivity index is 1.38. The highest BCUT2D eigenvalue weighted by molar-refractivity contribution is 6.24. The molecule has 160 valence electrons. The van der Waals surface area contributed by atoms with E-state index in [0.29, 0.717) is 17.4 Å². The van der Waals surface area contributed by atoms with Gasteiger partial charge in [-0.25, -0.2) is 4.68 Å². The Morgan fingerprint density at radius 3 is 2.68 bits per heavy atom. The van der Waals surface area contributed by atoms with E-state index >= 15 is 0 Å². The minimum Gasteiger partial charge on any atom is -0.350 e. The molecule has 2 saturated heterocycles. The van der Waals surface area contributed by atoms with Crippen LogP contribution in [0.1, 0.15) is 50.9 Å². The van der Waals surface area contributed by atoms with Gasteiger partial charge in [-0.1, -0.05) is 12.1 Å². The smallest absolute Gasteiger partial charge is 0.262 e. The van der Waals surface area contributed by atoms with Gasteiger partial charge in [0.1, 0.15) is 6.04 Å². The number of carbonyl (C=O) groups excluding carboxylic acids is 4. The summed E-state index contributed by atoms with van der Waals surface area (Å²) in [5.74, 6) is -0.438. The van der Waals surface area contributed by atoms with Crippen LogP contribution in [-0.4, -0.2) is 62.4 Å². The summed E-state index contributed by atoms with van der Waals surface area (Å²) in [6.07, 6.45) is 0.213. The Morgan fingerprint density at radius 2 is 1.97 bits per heavy atom. The molecule has 5 rings (SSSR count). The summed E-state index contributed by atoms with van der Waals surface area (Å²) in [4.78, 5) is 55.2. The van der Waals surface area contributed by atoms with E-state index in [-0.39, 0.29) is 30.5 Å². The predicted octanol–water partition coefficient (Wildman–Crippen LogP) is -0.485. The first-order valence-corrected chi connectivity index (χ1v) is 10.1. The Labute approximate surface area is 177 Å². The highest BCUT2D eigenvalue weighted by Crippen LogP contribution is 2.30. The van der Waals surface area contributed by atoms with Crippen LogP contribution in [0.4, 0.5) is 5.95 Å². The van der Waals surface area contributed by atoms with E-state index in [4.69, 9.17) is 0 Å². The molecular weight excluding hydrogens is 402 g/mol. The molecule has 0 bridgehead atoms. The van der Waals surface area contributed by atoms with Gasteiger partial charge in [0.15, 0.2) is 5.82 Å². The molecule has 1 unspecified atom stereocenters. The number of piperidine rings is 1. The van der Waals surface area contributed by atoms with Crippen molar-refractivity contribution < 1.29 is 19.2 Å². The van der Waals surface area contributed by atoms with Gasteiger partial charge in [-0.3, -0.25) is 29.4 Å². The lowest BCUT2D eigenvalue weighted by atomic mass is 10.0. The molecule has 2 aromatic rings. The monoisotopic (exact) mass is 423 g/mol. The maximum absolute atomic E-state index is 13.1. The van der Waals surface area contributed by atoms with Gasteiger partial charge in [-0.2, -0.15) is 10.1 Å². The number of rotatable bonds is 5. The second kappa shape index (κ2) is 7.27. The van der Waals surface area contributed by atoms with Crippen LogP contribution >= 0.6 is 0 Å². The van der Waals surface area contributed by atoms with E-state index in [2.05, 4.69) is 26.0 Å².